The molecule has 7 nitrogen and oxygen atoms in total. The van der Waals surface area contributed by atoms with Gasteiger partial charge in [0.05, 0.1) is 30.5 Å². The van der Waals surface area contributed by atoms with Crippen molar-refractivity contribution < 1.29 is 19.1 Å². The number of hydrogen-bond donors (Lipinski definition) is 2. The molecular weight excluding hydrogens is 466 g/mol. The quantitative estimate of drug-likeness (QED) is 0.567. The summed E-state index contributed by atoms with van der Waals surface area (Å²) in [5.74, 6) is 0.684. The summed E-state index contributed by atoms with van der Waals surface area (Å²) in [6, 6.07) is 13.0. The van der Waals surface area contributed by atoms with Crippen LogP contribution in [0, 0.1) is 0 Å². The molecule has 2 aromatic carbocycles. The molecule has 2 amide bonds. The van der Waals surface area contributed by atoms with Gasteiger partial charge in [0, 0.05) is 18.1 Å². The van der Waals surface area contributed by atoms with Crippen LogP contribution in [-0.2, 0) is 4.79 Å². The molecule has 35 heavy (non-hydrogen) atoms. The molecule has 2 aliphatic rings. The Morgan fingerprint density at radius 1 is 0.971 bits per heavy atom. The van der Waals surface area contributed by atoms with Crippen LogP contribution in [0.4, 0.5) is 5.69 Å². The summed E-state index contributed by atoms with van der Waals surface area (Å²) >= 11 is 6.27. The number of hydrogen-bond acceptors (Lipinski definition) is 5. The number of benzene rings is 2. The Labute approximate surface area is 212 Å². The highest BCUT2D eigenvalue weighted by molar-refractivity contribution is 6.33. The maximum atomic E-state index is 13.4. The minimum Gasteiger partial charge on any atom is -0.496 e. The molecule has 0 spiro atoms. The monoisotopic (exact) mass is 499 g/mol. The number of ether oxygens (including phenoxy) is 2. The molecule has 0 aromatic heterocycles. The fraction of sp³-hybridized carbons (Fsp3) is 0.481. The predicted molar refractivity (Wildman–Crippen MR) is 137 cm³/mol. The Hall–Kier alpha value is -2.77. The van der Waals surface area contributed by atoms with E-state index in [1.54, 1.807) is 38.5 Å². The molecular formula is C27H34ClN3O4. The average Bonchev–Trinajstić information content (AvgIpc) is 2.84. The molecule has 2 fully saturated rings. The van der Waals surface area contributed by atoms with Crippen LogP contribution in [0.5, 0.6) is 11.5 Å². The molecule has 0 saturated carbocycles. The van der Waals surface area contributed by atoms with Crippen molar-refractivity contribution in [2.45, 2.75) is 69.6 Å². The van der Waals surface area contributed by atoms with E-state index >= 15 is 0 Å². The maximum absolute atomic E-state index is 13.4. The Morgan fingerprint density at radius 3 is 2.14 bits per heavy atom. The van der Waals surface area contributed by atoms with Gasteiger partial charge in [-0.3, -0.25) is 14.5 Å². The minimum atomic E-state index is -0.726. The molecule has 2 aliphatic heterocycles. The number of anilines is 1. The van der Waals surface area contributed by atoms with E-state index in [2.05, 4.69) is 15.5 Å². The summed E-state index contributed by atoms with van der Waals surface area (Å²) in [4.78, 5) is 29.0. The fourth-order valence-corrected chi connectivity index (χ4v) is 5.88. The molecule has 2 atom stereocenters. The Bertz CT molecular complexity index is 1050. The molecule has 2 N–H and O–H groups in total. The van der Waals surface area contributed by atoms with Crippen molar-refractivity contribution in [1.29, 1.82) is 0 Å². The molecule has 2 heterocycles. The zero-order valence-corrected chi connectivity index (χ0v) is 21.5. The number of carbonyl (C=O) groups is 2. The van der Waals surface area contributed by atoms with Crippen LogP contribution in [0.1, 0.15) is 56.3 Å². The lowest BCUT2D eigenvalue weighted by atomic mass is 9.78. The van der Waals surface area contributed by atoms with Crippen LogP contribution in [-0.4, -0.2) is 54.6 Å². The summed E-state index contributed by atoms with van der Waals surface area (Å²) in [5.41, 5.74) is 0.297. The predicted octanol–water partition coefficient (Wildman–Crippen LogP) is 4.89. The van der Waals surface area contributed by atoms with E-state index in [0.29, 0.717) is 27.8 Å². The molecule has 2 saturated heterocycles. The van der Waals surface area contributed by atoms with Crippen LogP contribution in [0.25, 0.3) is 0 Å². The summed E-state index contributed by atoms with van der Waals surface area (Å²) < 4.78 is 10.8. The van der Waals surface area contributed by atoms with Crippen molar-refractivity contribution >= 4 is 29.1 Å². The Morgan fingerprint density at radius 2 is 1.57 bits per heavy atom. The lowest BCUT2D eigenvalue weighted by Crippen LogP contribution is -2.66. The number of methoxy groups -OCH3 is 2. The number of nitrogens with zero attached hydrogens (tertiary/aromatic N) is 1. The van der Waals surface area contributed by atoms with E-state index in [-0.39, 0.29) is 29.9 Å². The number of amides is 2. The van der Waals surface area contributed by atoms with Gasteiger partial charge in [-0.2, -0.15) is 0 Å². The van der Waals surface area contributed by atoms with E-state index < -0.39 is 5.54 Å². The zero-order chi connectivity index (χ0) is 25.2. The zero-order valence-electron chi connectivity index (χ0n) is 20.8. The highest BCUT2D eigenvalue weighted by Crippen LogP contribution is 2.40. The number of fused-ring (bicyclic) bond motifs is 2. The SMILES string of the molecule is COc1cccc(OC)c1C(=O)NC1CC2CCCC(C1)N2C(C)(C)C(=O)Nc1ccccc1Cl. The molecule has 0 aliphatic carbocycles. The van der Waals surface area contributed by atoms with Gasteiger partial charge in [0.25, 0.3) is 5.91 Å². The second-order valence-corrected chi connectivity index (χ2v) is 10.2. The van der Waals surface area contributed by atoms with E-state index in [9.17, 15) is 9.59 Å². The van der Waals surface area contributed by atoms with Crippen molar-refractivity contribution in [2.24, 2.45) is 0 Å². The topological polar surface area (TPSA) is 79.9 Å². The van der Waals surface area contributed by atoms with Crippen molar-refractivity contribution in [1.82, 2.24) is 10.2 Å². The van der Waals surface area contributed by atoms with Gasteiger partial charge in [-0.15, -0.1) is 0 Å². The Balaban J connectivity index is 1.49. The highest BCUT2D eigenvalue weighted by Gasteiger charge is 2.48. The van der Waals surface area contributed by atoms with Crippen LogP contribution in [0.15, 0.2) is 42.5 Å². The van der Waals surface area contributed by atoms with Gasteiger partial charge in [0.2, 0.25) is 5.91 Å². The second kappa shape index (κ2) is 10.5. The van der Waals surface area contributed by atoms with Crippen molar-refractivity contribution in [3.05, 3.63) is 53.1 Å². The largest absolute Gasteiger partial charge is 0.496 e. The van der Waals surface area contributed by atoms with Crippen LogP contribution < -0.4 is 20.1 Å². The molecule has 188 valence electrons. The van der Waals surface area contributed by atoms with Crippen LogP contribution in [0.2, 0.25) is 5.02 Å². The third-order valence-electron chi connectivity index (χ3n) is 7.29. The van der Waals surface area contributed by atoms with Gasteiger partial charge in [-0.1, -0.05) is 36.2 Å². The maximum Gasteiger partial charge on any atom is 0.259 e. The molecule has 4 rings (SSSR count). The Kier molecular flexibility index (Phi) is 7.57. The fourth-order valence-electron chi connectivity index (χ4n) is 5.70. The summed E-state index contributed by atoms with van der Waals surface area (Å²) in [7, 11) is 3.09. The second-order valence-electron chi connectivity index (χ2n) is 9.82. The first-order chi connectivity index (χ1) is 16.8. The summed E-state index contributed by atoms with van der Waals surface area (Å²) in [6.45, 7) is 3.95. The number of halogens is 1. The van der Waals surface area contributed by atoms with Gasteiger partial charge < -0.3 is 20.1 Å². The van der Waals surface area contributed by atoms with Crippen molar-refractivity contribution in [3.63, 3.8) is 0 Å². The number of nitrogens with one attached hydrogen (secondary N) is 2. The number of rotatable bonds is 7. The van der Waals surface area contributed by atoms with Gasteiger partial charge in [-0.25, -0.2) is 0 Å². The number of piperidine rings is 2. The average molecular weight is 500 g/mol. The smallest absolute Gasteiger partial charge is 0.259 e. The van der Waals surface area contributed by atoms with Crippen LogP contribution in [0.3, 0.4) is 0 Å². The first-order valence-corrected chi connectivity index (χ1v) is 12.5. The first kappa shape index (κ1) is 25.3. The van der Waals surface area contributed by atoms with E-state index in [1.165, 1.54) is 0 Å². The minimum absolute atomic E-state index is 0.00565. The van der Waals surface area contributed by atoms with Crippen molar-refractivity contribution in [2.75, 3.05) is 19.5 Å². The summed E-state index contributed by atoms with van der Waals surface area (Å²) in [5, 5.41) is 6.75. The molecule has 0 radical (unpaired) electrons. The van der Waals surface area contributed by atoms with Gasteiger partial charge >= 0.3 is 0 Å². The number of para-hydroxylation sites is 1. The molecule has 8 heteroatoms. The van der Waals surface area contributed by atoms with Crippen molar-refractivity contribution in [3.8, 4) is 11.5 Å². The van der Waals surface area contributed by atoms with Gasteiger partial charge in [-0.05, 0) is 63.8 Å². The van der Waals surface area contributed by atoms with E-state index in [1.807, 2.05) is 32.0 Å². The first-order valence-electron chi connectivity index (χ1n) is 12.1. The summed E-state index contributed by atoms with van der Waals surface area (Å²) in [6.07, 6.45) is 4.66. The molecule has 2 bridgehead atoms. The normalized spacial score (nSPS) is 22.3. The number of carbonyl (C=O) groups excluding carboxylic acids is 2. The molecule has 2 aromatic rings. The third-order valence-corrected chi connectivity index (χ3v) is 7.62. The lowest BCUT2D eigenvalue weighted by molar-refractivity contribution is -0.134. The van der Waals surface area contributed by atoms with Gasteiger partial charge in [0.15, 0.2) is 0 Å². The van der Waals surface area contributed by atoms with E-state index in [0.717, 1.165) is 32.1 Å². The standard InChI is InChI=1S/C27H34ClN3O4/c1-27(2,26(33)30-21-12-6-5-11-20(21)28)31-18-9-7-10-19(31)16-17(15-18)29-25(32)24-22(34-3)13-8-14-23(24)35-4/h5-6,8,11-14,17-19H,7,9-10,15-16H2,1-4H3,(H,29,32)(H,30,33). The van der Waals surface area contributed by atoms with Crippen LogP contribution >= 0.6 is 11.6 Å². The van der Waals surface area contributed by atoms with E-state index in [4.69, 9.17) is 21.1 Å². The highest BCUT2D eigenvalue weighted by atomic mass is 35.5. The molecule has 2 unspecified atom stereocenters. The third kappa shape index (κ3) is 5.11. The lowest BCUT2D eigenvalue weighted by Gasteiger charge is -2.54. The van der Waals surface area contributed by atoms with Gasteiger partial charge in [0.1, 0.15) is 17.1 Å².